The van der Waals surface area contributed by atoms with E-state index in [0.29, 0.717) is 13.1 Å². The molecule has 0 spiro atoms. The number of piperidine rings is 1. The molecule has 2 fully saturated rings. The summed E-state index contributed by atoms with van der Waals surface area (Å²) in [6.45, 7) is 5.46. The third-order valence-corrected chi connectivity index (χ3v) is 4.77. The summed E-state index contributed by atoms with van der Waals surface area (Å²) in [5.74, 6) is -0.796. The Morgan fingerprint density at radius 3 is 2.62 bits per heavy atom. The number of urea groups is 1. The summed E-state index contributed by atoms with van der Waals surface area (Å²) in [6, 6.07) is 0.123. The Kier molecular flexibility index (Phi) is 4.98. The number of hydrogen-bond acceptors (Lipinski definition) is 5. The van der Waals surface area contributed by atoms with Crippen molar-refractivity contribution in [3.05, 3.63) is 11.9 Å². The van der Waals surface area contributed by atoms with E-state index in [9.17, 15) is 9.59 Å². The van der Waals surface area contributed by atoms with Gasteiger partial charge in [0, 0.05) is 45.8 Å². The van der Waals surface area contributed by atoms with Gasteiger partial charge >= 0.3 is 12.0 Å². The molecule has 0 saturated carbocycles. The lowest BCUT2D eigenvalue weighted by Gasteiger charge is -2.39. The van der Waals surface area contributed by atoms with Crippen LogP contribution in [-0.4, -0.2) is 93.1 Å². The van der Waals surface area contributed by atoms with E-state index in [1.165, 1.54) is 6.20 Å². The second-order valence-electron chi connectivity index (χ2n) is 6.66. The molecule has 1 N–H and O–H groups in total. The Balaban J connectivity index is 1.55. The fourth-order valence-electron chi connectivity index (χ4n) is 3.34. The smallest absolute Gasteiger partial charge is 0.358 e. The van der Waals surface area contributed by atoms with Crippen molar-refractivity contribution in [1.82, 2.24) is 29.7 Å². The molecule has 9 heteroatoms. The van der Waals surface area contributed by atoms with Crippen molar-refractivity contribution in [1.29, 1.82) is 0 Å². The number of carbonyl (C=O) groups excluding carboxylic acids is 1. The zero-order chi connectivity index (χ0) is 17.1. The lowest BCUT2D eigenvalue weighted by atomic mass is 9.98. The standard InChI is InChI=1S/C15H24N6O3/c1-18-5-7-19(8-6-18)15(24)20-4-2-3-12(9-20)10-21-11-13(14(22)23)16-17-21/h11-12H,2-10H2,1H3,(H,22,23). The maximum Gasteiger partial charge on any atom is 0.358 e. The van der Waals surface area contributed by atoms with Crippen LogP contribution in [0.5, 0.6) is 0 Å². The molecule has 1 atom stereocenters. The van der Waals surface area contributed by atoms with Gasteiger partial charge in [0.05, 0.1) is 6.20 Å². The number of likely N-dealkylation sites (N-methyl/N-ethyl adjacent to an activating group) is 1. The SMILES string of the molecule is CN1CCN(C(=O)N2CCCC(Cn3cc(C(=O)O)nn3)C2)CC1. The molecule has 1 unspecified atom stereocenters. The molecule has 0 bridgehead atoms. The zero-order valence-corrected chi connectivity index (χ0v) is 14.0. The van der Waals surface area contributed by atoms with E-state index < -0.39 is 5.97 Å². The highest BCUT2D eigenvalue weighted by Gasteiger charge is 2.29. The number of rotatable bonds is 3. The van der Waals surface area contributed by atoms with Gasteiger partial charge in [0.1, 0.15) is 0 Å². The number of carboxylic acids is 1. The van der Waals surface area contributed by atoms with Gasteiger partial charge in [-0.2, -0.15) is 0 Å². The lowest BCUT2D eigenvalue weighted by molar-refractivity contribution is 0.0690. The average Bonchev–Trinajstić information content (AvgIpc) is 3.04. The molecule has 2 aliphatic heterocycles. The Morgan fingerprint density at radius 1 is 1.21 bits per heavy atom. The number of piperazine rings is 1. The monoisotopic (exact) mass is 336 g/mol. The predicted octanol–water partition coefficient (Wildman–Crippen LogP) is 0.0557. The Hall–Kier alpha value is -2.16. The molecule has 3 rings (SSSR count). The molecule has 0 aliphatic carbocycles. The number of hydrogen-bond donors (Lipinski definition) is 1. The van der Waals surface area contributed by atoms with E-state index in [1.807, 2.05) is 9.80 Å². The van der Waals surface area contributed by atoms with Crippen LogP contribution in [0.25, 0.3) is 0 Å². The van der Waals surface area contributed by atoms with Crippen LogP contribution in [0.3, 0.4) is 0 Å². The molecule has 1 aromatic heterocycles. The first kappa shape index (κ1) is 16.7. The van der Waals surface area contributed by atoms with Crippen LogP contribution in [0.15, 0.2) is 6.20 Å². The molecule has 3 heterocycles. The summed E-state index contributed by atoms with van der Waals surface area (Å²) in [5.41, 5.74) is -0.0452. The predicted molar refractivity (Wildman–Crippen MR) is 85.7 cm³/mol. The van der Waals surface area contributed by atoms with Gasteiger partial charge in [0.25, 0.3) is 0 Å². The molecule has 0 aromatic carbocycles. The van der Waals surface area contributed by atoms with Crippen LogP contribution < -0.4 is 0 Å². The molecule has 2 saturated heterocycles. The van der Waals surface area contributed by atoms with Crippen molar-refractivity contribution < 1.29 is 14.7 Å². The molecule has 1 aromatic rings. The van der Waals surface area contributed by atoms with E-state index >= 15 is 0 Å². The van der Waals surface area contributed by atoms with E-state index in [2.05, 4.69) is 22.3 Å². The number of aromatic carboxylic acids is 1. The quantitative estimate of drug-likeness (QED) is 0.838. The van der Waals surface area contributed by atoms with Gasteiger partial charge in [-0.25, -0.2) is 9.59 Å². The van der Waals surface area contributed by atoms with Gasteiger partial charge in [-0.3, -0.25) is 4.68 Å². The van der Waals surface area contributed by atoms with Crippen LogP contribution in [-0.2, 0) is 6.54 Å². The van der Waals surface area contributed by atoms with E-state index in [1.54, 1.807) is 4.68 Å². The van der Waals surface area contributed by atoms with Crippen LogP contribution in [0.4, 0.5) is 4.79 Å². The Bertz CT molecular complexity index is 596. The van der Waals surface area contributed by atoms with E-state index in [4.69, 9.17) is 5.11 Å². The van der Waals surface area contributed by atoms with Crippen molar-refractivity contribution in [2.45, 2.75) is 19.4 Å². The largest absolute Gasteiger partial charge is 0.476 e. The molecular weight excluding hydrogens is 312 g/mol. The van der Waals surface area contributed by atoms with Crippen LogP contribution in [0.2, 0.25) is 0 Å². The minimum Gasteiger partial charge on any atom is -0.476 e. The number of nitrogens with zero attached hydrogens (tertiary/aromatic N) is 6. The van der Waals surface area contributed by atoms with E-state index in [-0.39, 0.29) is 17.6 Å². The van der Waals surface area contributed by atoms with Crippen molar-refractivity contribution in [2.75, 3.05) is 46.3 Å². The van der Waals surface area contributed by atoms with Gasteiger partial charge in [0.2, 0.25) is 0 Å². The van der Waals surface area contributed by atoms with Gasteiger partial charge in [-0.15, -0.1) is 5.10 Å². The van der Waals surface area contributed by atoms with Gasteiger partial charge < -0.3 is 19.8 Å². The van der Waals surface area contributed by atoms with Crippen LogP contribution in [0, 0.1) is 5.92 Å². The summed E-state index contributed by atoms with van der Waals surface area (Å²) >= 11 is 0. The normalized spacial score (nSPS) is 22.6. The number of carbonyl (C=O) groups is 2. The summed E-state index contributed by atoms with van der Waals surface area (Å²) < 4.78 is 1.57. The minimum atomic E-state index is -1.07. The molecule has 0 radical (unpaired) electrons. The Morgan fingerprint density at radius 2 is 1.96 bits per heavy atom. The first-order chi connectivity index (χ1) is 11.5. The van der Waals surface area contributed by atoms with Crippen LogP contribution in [0.1, 0.15) is 23.3 Å². The molecule has 9 nitrogen and oxygen atoms in total. The summed E-state index contributed by atoms with van der Waals surface area (Å²) in [6.07, 6.45) is 3.42. The minimum absolute atomic E-state index is 0.0452. The Labute approximate surface area is 140 Å². The maximum absolute atomic E-state index is 12.7. The van der Waals surface area contributed by atoms with Crippen molar-refractivity contribution in [2.24, 2.45) is 5.92 Å². The number of likely N-dealkylation sites (tertiary alicyclic amines) is 1. The molecule has 2 amide bonds. The zero-order valence-electron chi connectivity index (χ0n) is 14.0. The van der Waals surface area contributed by atoms with Crippen molar-refractivity contribution >= 4 is 12.0 Å². The number of aromatic nitrogens is 3. The summed E-state index contributed by atoms with van der Waals surface area (Å²) in [5, 5.41) is 16.4. The maximum atomic E-state index is 12.7. The van der Waals surface area contributed by atoms with Crippen molar-refractivity contribution in [3.8, 4) is 0 Å². The molecule has 132 valence electrons. The van der Waals surface area contributed by atoms with Gasteiger partial charge in [-0.05, 0) is 25.8 Å². The number of carboxylic acid groups (broad SMARTS) is 1. The summed E-state index contributed by atoms with van der Waals surface area (Å²) in [7, 11) is 2.07. The van der Waals surface area contributed by atoms with Gasteiger partial charge in [-0.1, -0.05) is 5.21 Å². The fraction of sp³-hybridized carbons (Fsp3) is 0.733. The van der Waals surface area contributed by atoms with Crippen LogP contribution >= 0.6 is 0 Å². The second kappa shape index (κ2) is 7.16. The first-order valence-electron chi connectivity index (χ1n) is 8.39. The third kappa shape index (κ3) is 3.84. The average molecular weight is 336 g/mol. The highest BCUT2D eigenvalue weighted by atomic mass is 16.4. The van der Waals surface area contributed by atoms with Gasteiger partial charge in [0.15, 0.2) is 5.69 Å². The topological polar surface area (TPSA) is 94.8 Å². The fourth-order valence-corrected chi connectivity index (χ4v) is 3.34. The lowest BCUT2D eigenvalue weighted by Crippen LogP contribution is -2.54. The van der Waals surface area contributed by atoms with Crippen molar-refractivity contribution in [3.63, 3.8) is 0 Å². The molecular formula is C15H24N6O3. The first-order valence-corrected chi connectivity index (χ1v) is 8.39. The summed E-state index contributed by atoms with van der Waals surface area (Å²) in [4.78, 5) is 29.6. The molecule has 24 heavy (non-hydrogen) atoms. The number of amides is 2. The molecule has 2 aliphatic rings. The third-order valence-electron chi connectivity index (χ3n) is 4.77. The highest BCUT2D eigenvalue weighted by molar-refractivity contribution is 5.84. The second-order valence-corrected chi connectivity index (χ2v) is 6.66. The van der Waals surface area contributed by atoms with E-state index in [0.717, 1.165) is 45.6 Å². The highest BCUT2D eigenvalue weighted by Crippen LogP contribution is 2.20.